The molecule has 14 heavy (non-hydrogen) atoms. The lowest BCUT2D eigenvalue weighted by Gasteiger charge is -2.24. The number of amides is 2. The van der Waals surface area contributed by atoms with Gasteiger partial charge in [0.2, 0.25) is 11.8 Å². The van der Waals surface area contributed by atoms with E-state index >= 15 is 0 Å². The van der Waals surface area contributed by atoms with Gasteiger partial charge in [-0.05, 0) is 13.3 Å². The fraction of sp³-hybridized carbons (Fsp3) is 0.800. The van der Waals surface area contributed by atoms with E-state index in [1.54, 1.807) is 30.8 Å². The van der Waals surface area contributed by atoms with Crippen LogP contribution in [0.4, 0.5) is 0 Å². The average Bonchev–Trinajstić information content (AvgIpc) is 2.45. The molecule has 0 aliphatic carbocycles. The van der Waals surface area contributed by atoms with Crippen LogP contribution in [0.5, 0.6) is 0 Å². The molecule has 2 unspecified atom stereocenters. The summed E-state index contributed by atoms with van der Waals surface area (Å²) < 4.78 is 0. The summed E-state index contributed by atoms with van der Waals surface area (Å²) in [5.74, 6) is 0.168. The summed E-state index contributed by atoms with van der Waals surface area (Å²) in [4.78, 5) is 26.3. The topological polar surface area (TPSA) is 40.6 Å². The van der Waals surface area contributed by atoms with Gasteiger partial charge in [0.05, 0.1) is 5.92 Å². The highest BCUT2D eigenvalue weighted by molar-refractivity contribution is 5.81. The molecular formula is C10H18N2O2. The molecule has 1 fully saturated rings. The first-order valence-corrected chi connectivity index (χ1v) is 4.93. The molecule has 1 saturated heterocycles. The normalized spacial score (nSPS) is 26.4. The molecule has 0 aromatic rings. The summed E-state index contributed by atoms with van der Waals surface area (Å²) in [5, 5.41) is 0. The van der Waals surface area contributed by atoms with E-state index in [1.165, 1.54) is 0 Å². The molecule has 1 heterocycles. The Hall–Kier alpha value is -1.06. The Morgan fingerprint density at radius 3 is 2.29 bits per heavy atom. The van der Waals surface area contributed by atoms with E-state index in [-0.39, 0.29) is 23.8 Å². The van der Waals surface area contributed by atoms with Crippen molar-refractivity contribution in [2.45, 2.75) is 26.3 Å². The van der Waals surface area contributed by atoms with Crippen molar-refractivity contribution >= 4 is 11.8 Å². The van der Waals surface area contributed by atoms with Crippen LogP contribution >= 0.6 is 0 Å². The maximum Gasteiger partial charge on any atom is 0.227 e. The van der Waals surface area contributed by atoms with E-state index in [1.807, 2.05) is 6.92 Å². The zero-order valence-corrected chi connectivity index (χ0v) is 9.28. The quantitative estimate of drug-likeness (QED) is 0.609. The summed E-state index contributed by atoms with van der Waals surface area (Å²) in [6.07, 6.45) is 0.789. The number of carbonyl (C=O) groups is 2. The fourth-order valence-electron chi connectivity index (χ4n) is 2.05. The molecule has 0 N–H and O–H groups in total. The van der Waals surface area contributed by atoms with E-state index < -0.39 is 0 Å². The summed E-state index contributed by atoms with van der Waals surface area (Å²) >= 11 is 0. The van der Waals surface area contributed by atoms with Gasteiger partial charge in [-0.3, -0.25) is 9.59 Å². The number of rotatable bonds is 1. The molecule has 1 rings (SSSR count). The van der Waals surface area contributed by atoms with Crippen LogP contribution in [0.25, 0.3) is 0 Å². The first kappa shape index (κ1) is 11.0. The van der Waals surface area contributed by atoms with Crippen molar-refractivity contribution in [2.75, 3.05) is 20.6 Å². The van der Waals surface area contributed by atoms with E-state index in [0.29, 0.717) is 6.54 Å². The minimum atomic E-state index is -0.0195. The third-order valence-corrected chi connectivity index (χ3v) is 2.92. The van der Waals surface area contributed by atoms with Crippen LogP contribution in [0.1, 0.15) is 20.3 Å². The Morgan fingerprint density at radius 1 is 1.36 bits per heavy atom. The van der Waals surface area contributed by atoms with Crippen molar-refractivity contribution < 1.29 is 9.59 Å². The predicted molar refractivity (Wildman–Crippen MR) is 53.7 cm³/mol. The second kappa shape index (κ2) is 3.98. The van der Waals surface area contributed by atoms with Gasteiger partial charge in [0.1, 0.15) is 0 Å². The van der Waals surface area contributed by atoms with Gasteiger partial charge in [0.25, 0.3) is 0 Å². The number of nitrogens with zero attached hydrogens (tertiary/aromatic N) is 2. The first-order chi connectivity index (χ1) is 6.45. The van der Waals surface area contributed by atoms with Gasteiger partial charge in [0.15, 0.2) is 0 Å². The van der Waals surface area contributed by atoms with Crippen molar-refractivity contribution in [2.24, 2.45) is 5.92 Å². The molecule has 2 atom stereocenters. The van der Waals surface area contributed by atoms with Crippen LogP contribution in [0, 0.1) is 5.92 Å². The summed E-state index contributed by atoms with van der Waals surface area (Å²) in [6.45, 7) is 4.21. The summed E-state index contributed by atoms with van der Waals surface area (Å²) in [6, 6.07) is 0.0439. The SMILES string of the molecule is CC(=O)N1CCC(C(=O)N(C)C)C1C. The average molecular weight is 198 g/mol. The van der Waals surface area contributed by atoms with Gasteiger partial charge in [0, 0.05) is 33.6 Å². The van der Waals surface area contributed by atoms with Crippen molar-refractivity contribution in [3.05, 3.63) is 0 Å². The van der Waals surface area contributed by atoms with E-state index in [4.69, 9.17) is 0 Å². The second-order valence-electron chi connectivity index (χ2n) is 4.08. The van der Waals surface area contributed by atoms with Gasteiger partial charge < -0.3 is 9.80 Å². The molecule has 0 aromatic heterocycles. The molecular weight excluding hydrogens is 180 g/mol. The van der Waals surface area contributed by atoms with Crippen LogP contribution in [-0.4, -0.2) is 48.3 Å². The lowest BCUT2D eigenvalue weighted by Crippen LogP contribution is -2.39. The third kappa shape index (κ3) is 1.89. The number of hydrogen-bond acceptors (Lipinski definition) is 2. The number of likely N-dealkylation sites (tertiary alicyclic amines) is 1. The Balaban J connectivity index is 2.68. The number of carbonyl (C=O) groups excluding carboxylic acids is 2. The van der Waals surface area contributed by atoms with Gasteiger partial charge in [-0.2, -0.15) is 0 Å². The van der Waals surface area contributed by atoms with Crippen molar-refractivity contribution in [3.63, 3.8) is 0 Å². The van der Waals surface area contributed by atoms with Crippen molar-refractivity contribution in [1.29, 1.82) is 0 Å². The molecule has 4 heteroatoms. The Kier molecular flexibility index (Phi) is 3.13. The zero-order valence-electron chi connectivity index (χ0n) is 9.28. The standard InChI is InChI=1S/C10H18N2O2/c1-7-9(10(14)11(3)4)5-6-12(7)8(2)13/h7,9H,5-6H2,1-4H3. The fourth-order valence-corrected chi connectivity index (χ4v) is 2.05. The molecule has 1 aliphatic rings. The van der Waals surface area contributed by atoms with Crippen LogP contribution in [0.2, 0.25) is 0 Å². The highest BCUT2D eigenvalue weighted by Gasteiger charge is 2.37. The van der Waals surface area contributed by atoms with Crippen LogP contribution in [0.15, 0.2) is 0 Å². The van der Waals surface area contributed by atoms with Gasteiger partial charge in [-0.1, -0.05) is 0 Å². The molecule has 0 saturated carbocycles. The van der Waals surface area contributed by atoms with Crippen molar-refractivity contribution in [3.8, 4) is 0 Å². The Bertz CT molecular complexity index is 251. The lowest BCUT2D eigenvalue weighted by molar-refractivity contribution is -0.135. The second-order valence-corrected chi connectivity index (χ2v) is 4.08. The van der Waals surface area contributed by atoms with E-state index in [0.717, 1.165) is 6.42 Å². The minimum absolute atomic E-state index is 0.0195. The third-order valence-electron chi connectivity index (χ3n) is 2.92. The highest BCUT2D eigenvalue weighted by Crippen LogP contribution is 2.25. The van der Waals surface area contributed by atoms with Gasteiger partial charge in [-0.25, -0.2) is 0 Å². The van der Waals surface area contributed by atoms with Crippen LogP contribution < -0.4 is 0 Å². The maximum absolute atomic E-state index is 11.7. The monoisotopic (exact) mass is 198 g/mol. The first-order valence-electron chi connectivity index (χ1n) is 4.93. The van der Waals surface area contributed by atoms with E-state index in [2.05, 4.69) is 0 Å². The maximum atomic E-state index is 11.7. The molecule has 2 amide bonds. The lowest BCUT2D eigenvalue weighted by atomic mass is 10.0. The molecule has 4 nitrogen and oxygen atoms in total. The highest BCUT2D eigenvalue weighted by atomic mass is 16.2. The smallest absolute Gasteiger partial charge is 0.227 e. The molecule has 0 aromatic carbocycles. The molecule has 0 spiro atoms. The predicted octanol–water partition coefficient (Wildman–Crippen LogP) is 0.332. The minimum Gasteiger partial charge on any atom is -0.349 e. The summed E-state index contributed by atoms with van der Waals surface area (Å²) in [7, 11) is 3.51. The molecule has 1 aliphatic heterocycles. The van der Waals surface area contributed by atoms with Gasteiger partial charge in [-0.15, -0.1) is 0 Å². The van der Waals surface area contributed by atoms with Crippen LogP contribution in [0.3, 0.4) is 0 Å². The molecule has 0 radical (unpaired) electrons. The van der Waals surface area contributed by atoms with Crippen LogP contribution in [-0.2, 0) is 9.59 Å². The van der Waals surface area contributed by atoms with Crippen molar-refractivity contribution in [1.82, 2.24) is 9.80 Å². The van der Waals surface area contributed by atoms with E-state index in [9.17, 15) is 9.59 Å². The molecule has 0 bridgehead atoms. The zero-order chi connectivity index (χ0) is 10.9. The van der Waals surface area contributed by atoms with Gasteiger partial charge >= 0.3 is 0 Å². The molecule has 80 valence electrons. The summed E-state index contributed by atoms with van der Waals surface area (Å²) in [5.41, 5.74) is 0. The Labute approximate surface area is 84.9 Å². The largest absolute Gasteiger partial charge is 0.349 e. The Morgan fingerprint density at radius 2 is 1.93 bits per heavy atom. The number of hydrogen-bond donors (Lipinski definition) is 0.